The smallest absolute Gasteiger partial charge is 0.0544 e. The topological polar surface area (TPSA) is 58.0 Å². The number of rotatable bonds is 13. The van der Waals surface area contributed by atoms with E-state index in [0.29, 0.717) is 0 Å². The highest BCUT2D eigenvalue weighted by molar-refractivity contribution is 5.62. The molecule has 0 amide bonds. The number of aromatic nitrogens is 4. The van der Waals surface area contributed by atoms with Crippen molar-refractivity contribution in [3.8, 4) is 11.1 Å². The fourth-order valence-electron chi connectivity index (χ4n) is 4.72. The molecule has 6 nitrogen and oxygen atoms in total. The summed E-state index contributed by atoms with van der Waals surface area (Å²) in [5.74, 6) is 0. The van der Waals surface area contributed by atoms with Crippen molar-refractivity contribution in [2.75, 3.05) is 13.1 Å². The van der Waals surface area contributed by atoms with Crippen LogP contribution in [0.15, 0.2) is 116 Å². The Kier molecular flexibility index (Phi) is 9.71. The minimum Gasteiger partial charge on any atom is -0.290 e. The van der Waals surface area contributed by atoms with Gasteiger partial charge in [0.1, 0.15) is 0 Å². The molecule has 0 radical (unpaired) electrons. The van der Waals surface area contributed by atoms with Crippen LogP contribution in [0, 0.1) is 0 Å². The van der Waals surface area contributed by atoms with Gasteiger partial charge in [0.05, 0.1) is 22.8 Å². The van der Waals surface area contributed by atoms with Gasteiger partial charge in [0.2, 0.25) is 0 Å². The van der Waals surface area contributed by atoms with Crippen molar-refractivity contribution in [3.05, 3.63) is 144 Å². The maximum atomic E-state index is 4.85. The third kappa shape index (κ3) is 8.12. The second-order valence-electron chi connectivity index (χ2n) is 9.97. The summed E-state index contributed by atoms with van der Waals surface area (Å²) in [7, 11) is 0. The number of hydrogen-bond acceptors (Lipinski definition) is 6. The monoisotopic (exact) mass is 528 g/mol. The van der Waals surface area contributed by atoms with Crippen molar-refractivity contribution in [2.45, 2.75) is 39.5 Å². The molecule has 6 heteroatoms. The van der Waals surface area contributed by atoms with Gasteiger partial charge in [-0.25, -0.2) is 0 Å². The summed E-state index contributed by atoms with van der Waals surface area (Å²) >= 11 is 0. The zero-order valence-electron chi connectivity index (χ0n) is 23.1. The van der Waals surface area contributed by atoms with Crippen molar-refractivity contribution in [3.63, 3.8) is 0 Å². The van der Waals surface area contributed by atoms with Gasteiger partial charge in [-0.1, -0.05) is 55.5 Å². The number of aryl methyl sites for hydroxylation is 1. The molecule has 0 atom stereocenters. The van der Waals surface area contributed by atoms with E-state index in [2.05, 4.69) is 86.3 Å². The van der Waals surface area contributed by atoms with E-state index in [0.717, 1.165) is 74.0 Å². The minimum absolute atomic E-state index is 0.743. The summed E-state index contributed by atoms with van der Waals surface area (Å²) in [4.78, 5) is 23.4. The molecular formula is C34H36N6. The molecule has 5 rings (SSSR count). The molecule has 0 fully saturated rings. The molecule has 0 saturated heterocycles. The first-order valence-corrected chi connectivity index (χ1v) is 13.9. The molecule has 0 bridgehead atoms. The lowest BCUT2D eigenvalue weighted by molar-refractivity contribution is 0.178. The van der Waals surface area contributed by atoms with Crippen molar-refractivity contribution < 1.29 is 0 Å². The Morgan fingerprint density at radius 2 is 0.925 bits per heavy atom. The molecular weight excluding hydrogens is 492 g/mol. The molecule has 0 unspecified atom stereocenters. The van der Waals surface area contributed by atoms with Gasteiger partial charge in [-0.2, -0.15) is 0 Å². The van der Waals surface area contributed by atoms with Crippen LogP contribution in [0.5, 0.6) is 0 Å². The first-order valence-electron chi connectivity index (χ1n) is 13.9. The van der Waals surface area contributed by atoms with E-state index in [4.69, 9.17) is 4.98 Å². The van der Waals surface area contributed by atoms with Gasteiger partial charge < -0.3 is 0 Å². The zero-order valence-corrected chi connectivity index (χ0v) is 23.1. The van der Waals surface area contributed by atoms with E-state index in [1.165, 1.54) is 11.1 Å². The van der Waals surface area contributed by atoms with Crippen LogP contribution in [-0.2, 0) is 32.6 Å². The zero-order chi connectivity index (χ0) is 27.4. The highest BCUT2D eigenvalue weighted by Gasteiger charge is 2.14. The van der Waals surface area contributed by atoms with Crippen LogP contribution in [-0.4, -0.2) is 42.8 Å². The van der Waals surface area contributed by atoms with Gasteiger partial charge in [-0.15, -0.1) is 0 Å². The van der Waals surface area contributed by atoms with Crippen LogP contribution >= 0.6 is 0 Å². The maximum absolute atomic E-state index is 4.85. The first kappa shape index (κ1) is 27.3. The molecule has 0 spiro atoms. The molecule has 4 heterocycles. The van der Waals surface area contributed by atoms with Crippen LogP contribution in [0.4, 0.5) is 0 Å². The van der Waals surface area contributed by atoms with Gasteiger partial charge in [-0.05, 0) is 60.0 Å². The Morgan fingerprint density at radius 1 is 0.475 bits per heavy atom. The van der Waals surface area contributed by atoms with E-state index in [-0.39, 0.29) is 0 Å². The van der Waals surface area contributed by atoms with E-state index < -0.39 is 0 Å². The average molecular weight is 529 g/mol. The van der Waals surface area contributed by atoms with E-state index in [1.54, 1.807) is 0 Å². The second kappa shape index (κ2) is 14.2. The largest absolute Gasteiger partial charge is 0.290 e. The highest BCUT2D eigenvalue weighted by Crippen LogP contribution is 2.20. The summed E-state index contributed by atoms with van der Waals surface area (Å²) in [5, 5.41) is 0. The highest BCUT2D eigenvalue weighted by atomic mass is 15.2. The van der Waals surface area contributed by atoms with E-state index in [1.807, 2.05) is 61.2 Å². The lowest BCUT2D eigenvalue weighted by Gasteiger charge is -2.27. The summed E-state index contributed by atoms with van der Waals surface area (Å²) in [5.41, 5.74) is 7.89. The fraction of sp³-hybridized carbons (Fsp3) is 0.235. The Balaban J connectivity index is 1.30. The van der Waals surface area contributed by atoms with Crippen LogP contribution in [0.25, 0.3) is 11.1 Å². The number of pyridine rings is 4. The van der Waals surface area contributed by atoms with Crippen molar-refractivity contribution >= 4 is 0 Å². The first-order chi connectivity index (χ1) is 19.7. The maximum Gasteiger partial charge on any atom is 0.0544 e. The summed E-state index contributed by atoms with van der Waals surface area (Å²) in [6, 6.07) is 31.3. The standard InChI is InChI=1S/C34H36N6/c1-2-28-12-14-29(15-13-28)30-16-17-34(38-23-30)27-40(26-33-11-5-8-20-37-33)22-21-39(24-31-9-3-6-18-35-31)25-32-10-4-7-19-36-32/h3-20,23H,2,21-22,24-27H2,1H3. The lowest BCUT2D eigenvalue weighted by atomic mass is 10.0. The van der Waals surface area contributed by atoms with Gasteiger partial charge in [-0.3, -0.25) is 29.7 Å². The number of hydrogen-bond donors (Lipinski definition) is 0. The molecule has 202 valence electrons. The van der Waals surface area contributed by atoms with Gasteiger partial charge in [0, 0.05) is 69.6 Å². The molecule has 0 aliphatic rings. The van der Waals surface area contributed by atoms with Crippen LogP contribution < -0.4 is 0 Å². The Hall–Kier alpha value is -4.26. The average Bonchev–Trinajstić information content (AvgIpc) is 3.02. The molecule has 4 aromatic heterocycles. The Morgan fingerprint density at radius 3 is 1.30 bits per heavy atom. The predicted molar refractivity (Wildman–Crippen MR) is 160 cm³/mol. The third-order valence-electron chi connectivity index (χ3n) is 6.97. The van der Waals surface area contributed by atoms with Crippen LogP contribution in [0.1, 0.15) is 35.3 Å². The van der Waals surface area contributed by atoms with E-state index >= 15 is 0 Å². The Labute approximate surface area is 237 Å². The van der Waals surface area contributed by atoms with Gasteiger partial charge in [0.25, 0.3) is 0 Å². The third-order valence-corrected chi connectivity index (χ3v) is 6.97. The summed E-state index contributed by atoms with van der Waals surface area (Å²) in [6.45, 7) is 6.92. The molecule has 5 aromatic rings. The molecule has 0 saturated carbocycles. The van der Waals surface area contributed by atoms with Crippen molar-refractivity contribution in [1.82, 2.24) is 29.7 Å². The van der Waals surface area contributed by atoms with E-state index in [9.17, 15) is 0 Å². The number of benzene rings is 1. The predicted octanol–water partition coefficient (Wildman–Crippen LogP) is 6.20. The summed E-state index contributed by atoms with van der Waals surface area (Å²) in [6.07, 6.45) is 8.61. The van der Waals surface area contributed by atoms with Crippen molar-refractivity contribution in [1.29, 1.82) is 0 Å². The fourth-order valence-corrected chi connectivity index (χ4v) is 4.72. The lowest BCUT2D eigenvalue weighted by Crippen LogP contribution is -2.35. The molecule has 40 heavy (non-hydrogen) atoms. The van der Waals surface area contributed by atoms with Crippen LogP contribution in [0.3, 0.4) is 0 Å². The normalized spacial score (nSPS) is 11.3. The molecule has 0 aliphatic heterocycles. The second-order valence-corrected chi connectivity index (χ2v) is 9.97. The quantitative estimate of drug-likeness (QED) is 0.181. The SMILES string of the molecule is CCc1ccc(-c2ccc(CN(CCN(Cc3ccccn3)Cc3ccccn3)Cc3ccccn3)nc2)cc1. The van der Waals surface area contributed by atoms with Crippen LogP contribution in [0.2, 0.25) is 0 Å². The number of nitrogens with zero attached hydrogens (tertiary/aromatic N) is 6. The Bertz CT molecular complexity index is 1370. The van der Waals surface area contributed by atoms with Gasteiger partial charge in [0.15, 0.2) is 0 Å². The molecule has 0 aliphatic carbocycles. The minimum atomic E-state index is 0.743. The van der Waals surface area contributed by atoms with Gasteiger partial charge >= 0.3 is 0 Å². The van der Waals surface area contributed by atoms with Crippen molar-refractivity contribution in [2.24, 2.45) is 0 Å². The molecule has 1 aromatic carbocycles. The summed E-state index contributed by atoms with van der Waals surface area (Å²) < 4.78 is 0. The molecule has 0 N–H and O–H groups in total.